The molecule has 0 heterocycles. The molecule has 0 unspecified atom stereocenters. The van der Waals surface area contributed by atoms with Crippen LogP contribution >= 0.6 is 0 Å². The molecule has 0 rings (SSSR count). The maximum absolute atomic E-state index is 5.01. The molecular weight excluding hydrogens is 250 g/mol. The van der Waals surface area contributed by atoms with Crippen LogP contribution in [0.3, 0.4) is 0 Å². The van der Waals surface area contributed by atoms with Crippen LogP contribution in [0.5, 0.6) is 0 Å². The topological polar surface area (TPSA) is 27.7 Å². The molecule has 1 N–H and O–H groups in total. The van der Waals surface area contributed by atoms with Crippen molar-refractivity contribution < 1.29 is 4.74 Å². The second kappa shape index (κ2) is 15.2. The molecule has 0 saturated heterocycles. The Kier molecular flexibility index (Phi) is 15.1. The third-order valence-corrected chi connectivity index (χ3v) is 3.85. The highest BCUT2D eigenvalue weighted by Crippen LogP contribution is 1.98. The summed E-state index contributed by atoms with van der Waals surface area (Å²) in [6, 6.07) is 0. The fraction of sp³-hybridized carbons (Fsp3) is 1.00. The summed E-state index contributed by atoms with van der Waals surface area (Å²) in [4.78, 5) is 5.09. The van der Waals surface area contributed by atoms with E-state index in [-0.39, 0.29) is 0 Å². The molecule has 0 aliphatic carbocycles. The van der Waals surface area contributed by atoms with E-state index in [1.165, 1.54) is 58.5 Å². The Morgan fingerprint density at radius 3 is 1.95 bits per heavy atom. The molecule has 0 aliphatic rings. The summed E-state index contributed by atoms with van der Waals surface area (Å²) in [5.41, 5.74) is 0. The minimum atomic E-state index is 0.812. The van der Waals surface area contributed by atoms with Crippen LogP contribution in [0.25, 0.3) is 0 Å². The average molecular weight is 287 g/mol. The van der Waals surface area contributed by atoms with Gasteiger partial charge in [0.1, 0.15) is 0 Å². The number of methoxy groups -OCH3 is 1. The van der Waals surface area contributed by atoms with Gasteiger partial charge in [-0.25, -0.2) is 0 Å². The van der Waals surface area contributed by atoms with Crippen LogP contribution < -0.4 is 5.32 Å². The molecule has 0 fully saturated rings. The third-order valence-electron chi connectivity index (χ3n) is 3.85. The van der Waals surface area contributed by atoms with Crippen LogP contribution in [0, 0.1) is 0 Å². The summed E-state index contributed by atoms with van der Waals surface area (Å²) in [5.74, 6) is 0. The highest BCUT2D eigenvalue weighted by atomic mass is 16.5. The minimum Gasteiger partial charge on any atom is -0.383 e. The monoisotopic (exact) mass is 287 g/mol. The zero-order valence-electron chi connectivity index (χ0n) is 14.3. The molecule has 0 saturated carbocycles. The lowest BCUT2D eigenvalue weighted by molar-refractivity contribution is 0.199. The molecule has 0 bridgehead atoms. The quantitative estimate of drug-likeness (QED) is 0.467. The zero-order valence-corrected chi connectivity index (χ0v) is 14.3. The van der Waals surface area contributed by atoms with Crippen LogP contribution in [0.1, 0.15) is 40.0 Å². The standard InChI is InChI=1S/C16H37N3O/c1-5-18(6-2)14-10-15-19(7-3)13-9-8-11-17-12-16-20-4/h17H,5-16H2,1-4H3. The van der Waals surface area contributed by atoms with Crippen molar-refractivity contribution in [3.05, 3.63) is 0 Å². The first kappa shape index (κ1) is 19.8. The number of rotatable bonds is 15. The summed E-state index contributed by atoms with van der Waals surface area (Å²) >= 11 is 0. The molecule has 0 aromatic rings. The van der Waals surface area contributed by atoms with Gasteiger partial charge in [-0.05, 0) is 65.1 Å². The van der Waals surface area contributed by atoms with Gasteiger partial charge < -0.3 is 19.9 Å². The predicted molar refractivity (Wildman–Crippen MR) is 88.5 cm³/mol. The van der Waals surface area contributed by atoms with Crippen molar-refractivity contribution in [2.75, 3.05) is 66.1 Å². The van der Waals surface area contributed by atoms with E-state index in [1.54, 1.807) is 7.11 Å². The van der Waals surface area contributed by atoms with E-state index in [4.69, 9.17) is 4.74 Å². The molecule has 4 heteroatoms. The highest BCUT2D eigenvalue weighted by Gasteiger charge is 2.04. The van der Waals surface area contributed by atoms with Crippen LogP contribution in [0.2, 0.25) is 0 Å². The Morgan fingerprint density at radius 2 is 1.35 bits per heavy atom. The lowest BCUT2D eigenvalue weighted by Gasteiger charge is -2.23. The second-order valence-electron chi connectivity index (χ2n) is 5.26. The van der Waals surface area contributed by atoms with Gasteiger partial charge in [0.05, 0.1) is 6.61 Å². The molecule has 0 amide bonds. The van der Waals surface area contributed by atoms with E-state index >= 15 is 0 Å². The first-order valence-electron chi connectivity index (χ1n) is 8.42. The van der Waals surface area contributed by atoms with Gasteiger partial charge >= 0.3 is 0 Å². The molecule has 0 radical (unpaired) electrons. The van der Waals surface area contributed by atoms with Gasteiger partial charge in [0.15, 0.2) is 0 Å². The Morgan fingerprint density at radius 1 is 0.750 bits per heavy atom. The van der Waals surface area contributed by atoms with Gasteiger partial charge in [-0.15, -0.1) is 0 Å². The van der Waals surface area contributed by atoms with E-state index in [1.807, 2.05) is 0 Å². The Bertz CT molecular complexity index is 187. The number of nitrogens with one attached hydrogen (secondary N) is 1. The van der Waals surface area contributed by atoms with Crippen molar-refractivity contribution in [1.29, 1.82) is 0 Å². The van der Waals surface area contributed by atoms with Crippen molar-refractivity contribution >= 4 is 0 Å². The number of nitrogens with zero attached hydrogens (tertiary/aromatic N) is 2. The van der Waals surface area contributed by atoms with Crippen molar-refractivity contribution in [3.63, 3.8) is 0 Å². The third kappa shape index (κ3) is 11.6. The molecule has 20 heavy (non-hydrogen) atoms. The Balaban J connectivity index is 3.47. The summed E-state index contributed by atoms with van der Waals surface area (Å²) in [6.07, 6.45) is 3.84. The van der Waals surface area contributed by atoms with E-state index in [0.29, 0.717) is 0 Å². The van der Waals surface area contributed by atoms with Gasteiger partial charge in [-0.2, -0.15) is 0 Å². The van der Waals surface area contributed by atoms with E-state index in [0.717, 1.165) is 19.7 Å². The van der Waals surface area contributed by atoms with Gasteiger partial charge in [-0.1, -0.05) is 20.8 Å². The van der Waals surface area contributed by atoms with E-state index < -0.39 is 0 Å². The molecule has 0 aromatic heterocycles. The highest BCUT2D eigenvalue weighted by molar-refractivity contribution is 4.60. The average Bonchev–Trinajstić information content (AvgIpc) is 2.48. The van der Waals surface area contributed by atoms with Crippen LogP contribution in [0.15, 0.2) is 0 Å². The van der Waals surface area contributed by atoms with Crippen molar-refractivity contribution in [3.8, 4) is 0 Å². The SMILES string of the molecule is CCN(CC)CCCN(CC)CCCCNCCOC. The lowest BCUT2D eigenvalue weighted by Crippen LogP contribution is -2.31. The predicted octanol–water partition coefficient (Wildman–Crippen LogP) is 2.06. The first-order chi connectivity index (χ1) is 9.78. The van der Waals surface area contributed by atoms with E-state index in [9.17, 15) is 0 Å². The maximum Gasteiger partial charge on any atom is 0.0587 e. The fourth-order valence-electron chi connectivity index (χ4n) is 2.37. The van der Waals surface area contributed by atoms with Crippen LogP contribution in [0.4, 0.5) is 0 Å². The zero-order chi connectivity index (χ0) is 15.1. The largest absolute Gasteiger partial charge is 0.383 e. The second-order valence-corrected chi connectivity index (χ2v) is 5.26. The van der Waals surface area contributed by atoms with Gasteiger partial charge in [0, 0.05) is 13.7 Å². The molecule has 4 nitrogen and oxygen atoms in total. The fourth-order valence-corrected chi connectivity index (χ4v) is 2.37. The summed E-state index contributed by atoms with van der Waals surface area (Å²) in [7, 11) is 1.75. The van der Waals surface area contributed by atoms with Crippen LogP contribution in [-0.2, 0) is 4.74 Å². The van der Waals surface area contributed by atoms with Crippen molar-refractivity contribution in [1.82, 2.24) is 15.1 Å². The smallest absolute Gasteiger partial charge is 0.0587 e. The van der Waals surface area contributed by atoms with Gasteiger partial charge in [0.2, 0.25) is 0 Å². The number of hydrogen-bond acceptors (Lipinski definition) is 4. The molecule has 0 atom stereocenters. The molecular formula is C16H37N3O. The number of ether oxygens (including phenoxy) is 1. The van der Waals surface area contributed by atoms with E-state index in [2.05, 4.69) is 35.9 Å². The first-order valence-corrected chi connectivity index (χ1v) is 8.42. The molecule has 0 aliphatic heterocycles. The van der Waals surface area contributed by atoms with Crippen LogP contribution in [-0.4, -0.2) is 75.9 Å². The molecule has 0 spiro atoms. The number of hydrogen-bond donors (Lipinski definition) is 1. The van der Waals surface area contributed by atoms with Gasteiger partial charge in [0.25, 0.3) is 0 Å². The normalized spacial score (nSPS) is 11.7. The van der Waals surface area contributed by atoms with Gasteiger partial charge in [-0.3, -0.25) is 0 Å². The summed E-state index contributed by atoms with van der Waals surface area (Å²) in [5, 5.41) is 3.40. The lowest BCUT2D eigenvalue weighted by atomic mass is 10.2. The molecule has 122 valence electrons. The summed E-state index contributed by atoms with van der Waals surface area (Å²) < 4.78 is 5.01. The summed E-state index contributed by atoms with van der Waals surface area (Å²) in [6.45, 7) is 16.9. The van der Waals surface area contributed by atoms with Crippen molar-refractivity contribution in [2.45, 2.75) is 40.0 Å². The number of unbranched alkanes of at least 4 members (excludes halogenated alkanes) is 1. The minimum absolute atomic E-state index is 0.812. The van der Waals surface area contributed by atoms with Crippen molar-refractivity contribution in [2.24, 2.45) is 0 Å². The molecule has 0 aromatic carbocycles. The Hall–Kier alpha value is -0.160. The Labute approximate surface area is 126 Å². The maximum atomic E-state index is 5.01.